The van der Waals surface area contributed by atoms with Gasteiger partial charge >= 0.3 is 6.18 Å². The number of amides is 1. The molecule has 1 aromatic rings. The molecule has 0 saturated heterocycles. The molecule has 0 aliphatic rings. The molecule has 1 amide bonds. The van der Waals surface area contributed by atoms with Crippen molar-refractivity contribution in [3.63, 3.8) is 0 Å². The summed E-state index contributed by atoms with van der Waals surface area (Å²) >= 11 is 5.77. The molecule has 0 spiro atoms. The monoisotopic (exact) mass is 294 g/mol. The van der Waals surface area contributed by atoms with Crippen LogP contribution in [0.4, 0.5) is 13.2 Å². The molecule has 7 heteroatoms. The summed E-state index contributed by atoms with van der Waals surface area (Å²) in [5, 5.41) is 0.159. The Morgan fingerprint density at radius 2 is 2.05 bits per heavy atom. The van der Waals surface area contributed by atoms with Gasteiger partial charge in [-0.3, -0.25) is 4.79 Å². The third kappa shape index (κ3) is 5.06. The van der Waals surface area contributed by atoms with Crippen LogP contribution in [0.15, 0.2) is 12.1 Å². The van der Waals surface area contributed by atoms with Gasteiger partial charge in [-0.2, -0.15) is 13.2 Å². The van der Waals surface area contributed by atoms with Crippen molar-refractivity contribution in [2.45, 2.75) is 25.9 Å². The lowest BCUT2D eigenvalue weighted by atomic mass is 10.2. The van der Waals surface area contributed by atoms with Crippen molar-refractivity contribution in [2.24, 2.45) is 0 Å². The minimum atomic E-state index is -4.28. The number of aromatic nitrogens is 1. The molecule has 0 aromatic carbocycles. The molecule has 0 N–H and O–H groups in total. The van der Waals surface area contributed by atoms with Gasteiger partial charge in [0.2, 0.25) is 0 Å². The average Bonchev–Trinajstić information content (AvgIpc) is 2.33. The standard InChI is InChI=1S/C12H14ClF3N2O/c1-3-9-6-8(7-10(13)17-9)11(19)18(2)5-4-12(14,15)16/h6-7H,3-5H2,1-2H3. The Hall–Kier alpha value is -1.30. The van der Waals surface area contributed by atoms with Crippen molar-refractivity contribution in [3.8, 4) is 0 Å². The van der Waals surface area contributed by atoms with Gasteiger partial charge in [-0.05, 0) is 18.6 Å². The van der Waals surface area contributed by atoms with Gasteiger partial charge in [-0.25, -0.2) is 4.98 Å². The normalized spacial score (nSPS) is 11.5. The highest BCUT2D eigenvalue weighted by Gasteiger charge is 2.28. The molecule has 1 heterocycles. The predicted molar refractivity (Wildman–Crippen MR) is 66.3 cm³/mol. The lowest BCUT2D eigenvalue weighted by molar-refractivity contribution is -0.136. The highest BCUT2D eigenvalue weighted by atomic mass is 35.5. The Labute approximate surface area is 114 Å². The Morgan fingerprint density at radius 1 is 1.42 bits per heavy atom. The maximum atomic E-state index is 12.1. The van der Waals surface area contributed by atoms with Crippen LogP contribution in [0.25, 0.3) is 0 Å². The van der Waals surface area contributed by atoms with E-state index in [9.17, 15) is 18.0 Å². The summed E-state index contributed by atoms with van der Waals surface area (Å²) in [5.74, 6) is -0.497. The number of alkyl halides is 3. The summed E-state index contributed by atoms with van der Waals surface area (Å²) in [6.07, 6.45) is -4.72. The first-order chi connectivity index (χ1) is 8.73. The fourth-order valence-corrected chi connectivity index (χ4v) is 1.70. The molecule has 1 rings (SSSR count). The smallest absolute Gasteiger partial charge is 0.341 e. The Balaban J connectivity index is 2.79. The Morgan fingerprint density at radius 3 is 2.58 bits per heavy atom. The Bertz CT molecular complexity index is 463. The van der Waals surface area contributed by atoms with Crippen LogP contribution in [0.3, 0.4) is 0 Å². The van der Waals surface area contributed by atoms with E-state index in [0.29, 0.717) is 12.1 Å². The number of hydrogen-bond donors (Lipinski definition) is 0. The largest absolute Gasteiger partial charge is 0.390 e. The number of carbonyl (C=O) groups excluding carboxylic acids is 1. The zero-order valence-corrected chi connectivity index (χ0v) is 11.3. The zero-order chi connectivity index (χ0) is 14.6. The first-order valence-corrected chi connectivity index (χ1v) is 6.09. The molecule has 0 aliphatic heterocycles. The van der Waals surface area contributed by atoms with E-state index in [0.717, 1.165) is 4.90 Å². The summed E-state index contributed by atoms with van der Waals surface area (Å²) in [5.41, 5.74) is 0.876. The molecule has 3 nitrogen and oxygen atoms in total. The minimum Gasteiger partial charge on any atom is -0.341 e. The number of rotatable bonds is 4. The van der Waals surface area contributed by atoms with Crippen LogP contribution < -0.4 is 0 Å². The molecule has 0 unspecified atom stereocenters. The van der Waals surface area contributed by atoms with Gasteiger partial charge in [0.25, 0.3) is 5.91 Å². The van der Waals surface area contributed by atoms with Gasteiger partial charge in [0.15, 0.2) is 0 Å². The molecule has 0 atom stereocenters. The van der Waals surface area contributed by atoms with Crippen molar-refractivity contribution in [2.75, 3.05) is 13.6 Å². The molecule has 0 radical (unpaired) electrons. The van der Waals surface area contributed by atoms with Gasteiger partial charge in [0.1, 0.15) is 5.15 Å². The maximum Gasteiger partial charge on any atom is 0.390 e. The average molecular weight is 295 g/mol. The van der Waals surface area contributed by atoms with E-state index in [1.54, 1.807) is 0 Å². The van der Waals surface area contributed by atoms with Gasteiger partial charge < -0.3 is 4.90 Å². The van der Waals surface area contributed by atoms with Crippen molar-refractivity contribution < 1.29 is 18.0 Å². The number of nitrogens with zero attached hydrogens (tertiary/aromatic N) is 2. The Kier molecular flexibility index (Phi) is 5.17. The second kappa shape index (κ2) is 6.23. The molecular weight excluding hydrogens is 281 g/mol. The number of carbonyl (C=O) groups is 1. The van der Waals surface area contributed by atoms with Gasteiger partial charge in [-0.15, -0.1) is 0 Å². The SMILES string of the molecule is CCc1cc(C(=O)N(C)CCC(F)(F)F)cc(Cl)n1. The van der Waals surface area contributed by atoms with Crippen molar-refractivity contribution in [1.82, 2.24) is 9.88 Å². The molecule has 0 aliphatic carbocycles. The van der Waals surface area contributed by atoms with Crippen LogP contribution in [0.1, 0.15) is 29.4 Å². The van der Waals surface area contributed by atoms with E-state index in [2.05, 4.69) is 4.98 Å². The number of aryl methyl sites for hydroxylation is 1. The summed E-state index contributed by atoms with van der Waals surface area (Å²) in [6.45, 7) is 1.46. The second-order valence-corrected chi connectivity index (χ2v) is 4.50. The topological polar surface area (TPSA) is 33.2 Å². The maximum absolute atomic E-state index is 12.1. The second-order valence-electron chi connectivity index (χ2n) is 4.12. The molecule has 106 valence electrons. The molecule has 0 bridgehead atoms. The van der Waals surface area contributed by atoms with Crippen molar-refractivity contribution in [3.05, 3.63) is 28.5 Å². The zero-order valence-electron chi connectivity index (χ0n) is 10.6. The van der Waals surface area contributed by atoms with Crippen LogP contribution in [0.5, 0.6) is 0 Å². The molecule has 0 saturated carbocycles. The van der Waals surface area contributed by atoms with Crippen LogP contribution in [0, 0.1) is 0 Å². The lowest BCUT2D eigenvalue weighted by Gasteiger charge is -2.18. The molecule has 19 heavy (non-hydrogen) atoms. The van der Waals surface area contributed by atoms with Crippen LogP contribution >= 0.6 is 11.6 Å². The summed E-state index contributed by atoms with van der Waals surface area (Å²) < 4.78 is 36.3. The fourth-order valence-electron chi connectivity index (χ4n) is 1.47. The predicted octanol–water partition coefficient (Wildman–Crippen LogP) is 3.32. The van der Waals surface area contributed by atoms with E-state index in [-0.39, 0.29) is 17.3 Å². The van der Waals surface area contributed by atoms with Gasteiger partial charge in [-0.1, -0.05) is 18.5 Å². The quantitative estimate of drug-likeness (QED) is 0.798. The first kappa shape index (κ1) is 15.8. The molecule has 1 aromatic heterocycles. The first-order valence-electron chi connectivity index (χ1n) is 5.71. The van der Waals surface area contributed by atoms with E-state index in [4.69, 9.17) is 11.6 Å². The highest BCUT2D eigenvalue weighted by molar-refractivity contribution is 6.29. The fraction of sp³-hybridized carbons (Fsp3) is 0.500. The van der Waals surface area contributed by atoms with E-state index < -0.39 is 18.5 Å². The van der Waals surface area contributed by atoms with Crippen molar-refractivity contribution in [1.29, 1.82) is 0 Å². The molecular formula is C12H14ClF3N2O. The van der Waals surface area contributed by atoms with E-state index in [1.807, 2.05) is 6.92 Å². The molecule has 0 fully saturated rings. The van der Waals surface area contributed by atoms with E-state index in [1.165, 1.54) is 19.2 Å². The third-order valence-electron chi connectivity index (χ3n) is 2.53. The highest BCUT2D eigenvalue weighted by Crippen LogP contribution is 2.20. The third-order valence-corrected chi connectivity index (χ3v) is 2.73. The minimum absolute atomic E-state index is 0.159. The van der Waals surface area contributed by atoms with Gasteiger partial charge in [0, 0.05) is 24.8 Å². The van der Waals surface area contributed by atoms with Crippen LogP contribution in [-0.4, -0.2) is 35.6 Å². The van der Waals surface area contributed by atoms with E-state index >= 15 is 0 Å². The lowest BCUT2D eigenvalue weighted by Crippen LogP contribution is -2.30. The summed E-state index contributed by atoms with van der Waals surface area (Å²) in [4.78, 5) is 17.0. The summed E-state index contributed by atoms with van der Waals surface area (Å²) in [6, 6.07) is 2.89. The number of hydrogen-bond acceptors (Lipinski definition) is 2. The van der Waals surface area contributed by atoms with Gasteiger partial charge in [0.05, 0.1) is 6.42 Å². The van der Waals surface area contributed by atoms with Crippen LogP contribution in [0.2, 0.25) is 5.15 Å². The summed E-state index contributed by atoms with van der Waals surface area (Å²) in [7, 11) is 1.33. The van der Waals surface area contributed by atoms with Crippen molar-refractivity contribution >= 4 is 17.5 Å². The number of pyridine rings is 1. The number of halogens is 4. The van der Waals surface area contributed by atoms with Crippen LogP contribution in [-0.2, 0) is 6.42 Å².